The normalized spacial score (nSPS) is 20.3. The molecule has 0 aliphatic carbocycles. The predicted molar refractivity (Wildman–Crippen MR) is 81.2 cm³/mol. The highest BCUT2D eigenvalue weighted by Crippen LogP contribution is 2.28. The average Bonchev–Trinajstić information content (AvgIpc) is 2.53. The number of nitrogens with two attached hydrogens (primary N) is 1. The molecule has 1 saturated heterocycles. The van der Waals surface area contributed by atoms with Crippen LogP contribution < -0.4 is 5.73 Å². The van der Waals surface area contributed by atoms with Crippen LogP contribution in [0.3, 0.4) is 0 Å². The molecule has 6 heteroatoms. The lowest BCUT2D eigenvalue weighted by Crippen LogP contribution is -2.44. The van der Waals surface area contributed by atoms with Crippen molar-refractivity contribution in [3.63, 3.8) is 0 Å². The number of hydrogen-bond donors (Lipinski definition) is 1. The van der Waals surface area contributed by atoms with Gasteiger partial charge in [0.15, 0.2) is 0 Å². The van der Waals surface area contributed by atoms with Crippen molar-refractivity contribution < 1.29 is 14.3 Å². The SMILES string of the molecule is COC(CN)CC(=O)N1CCOC(c2ccccc2Cl)C1. The van der Waals surface area contributed by atoms with Crippen LogP contribution >= 0.6 is 11.6 Å². The van der Waals surface area contributed by atoms with Gasteiger partial charge in [0.05, 0.1) is 25.7 Å². The molecule has 2 unspecified atom stereocenters. The quantitative estimate of drug-likeness (QED) is 0.897. The number of ether oxygens (including phenoxy) is 2. The van der Waals surface area contributed by atoms with E-state index in [-0.39, 0.29) is 18.1 Å². The van der Waals surface area contributed by atoms with E-state index in [1.165, 1.54) is 0 Å². The Labute approximate surface area is 130 Å². The molecule has 2 N–H and O–H groups in total. The zero-order chi connectivity index (χ0) is 15.2. The topological polar surface area (TPSA) is 64.8 Å². The van der Waals surface area contributed by atoms with E-state index in [9.17, 15) is 4.79 Å². The fraction of sp³-hybridized carbons (Fsp3) is 0.533. The standard InChI is InChI=1S/C15H21ClN2O3/c1-20-11(9-17)8-15(19)18-6-7-21-14(10-18)12-4-2-3-5-13(12)16/h2-5,11,14H,6-10,17H2,1H3. The van der Waals surface area contributed by atoms with Crippen LogP contribution in [0, 0.1) is 0 Å². The van der Waals surface area contributed by atoms with E-state index in [1.807, 2.05) is 24.3 Å². The van der Waals surface area contributed by atoms with Gasteiger partial charge >= 0.3 is 0 Å². The van der Waals surface area contributed by atoms with Crippen LogP contribution in [-0.2, 0) is 14.3 Å². The zero-order valence-electron chi connectivity index (χ0n) is 12.1. The number of benzene rings is 1. The molecule has 5 nitrogen and oxygen atoms in total. The number of methoxy groups -OCH3 is 1. The van der Waals surface area contributed by atoms with E-state index in [4.69, 9.17) is 26.8 Å². The first-order chi connectivity index (χ1) is 10.2. The molecule has 0 saturated carbocycles. The lowest BCUT2D eigenvalue weighted by molar-refractivity contribution is -0.141. The van der Waals surface area contributed by atoms with E-state index >= 15 is 0 Å². The highest BCUT2D eigenvalue weighted by molar-refractivity contribution is 6.31. The van der Waals surface area contributed by atoms with Gasteiger partial charge in [0, 0.05) is 30.8 Å². The molecule has 0 aromatic heterocycles. The number of hydrogen-bond acceptors (Lipinski definition) is 4. The number of carbonyl (C=O) groups excluding carboxylic acids is 1. The van der Waals surface area contributed by atoms with Crippen LogP contribution in [-0.4, -0.2) is 50.3 Å². The summed E-state index contributed by atoms with van der Waals surface area (Å²) in [5.41, 5.74) is 6.48. The first-order valence-corrected chi connectivity index (χ1v) is 7.40. The maximum absolute atomic E-state index is 12.3. The minimum atomic E-state index is -0.237. The lowest BCUT2D eigenvalue weighted by Gasteiger charge is -2.34. The van der Waals surface area contributed by atoms with Crippen molar-refractivity contribution in [1.82, 2.24) is 4.90 Å². The Hall–Kier alpha value is -1.14. The van der Waals surface area contributed by atoms with Crippen LogP contribution in [0.25, 0.3) is 0 Å². The minimum absolute atomic E-state index is 0.0349. The number of nitrogens with zero attached hydrogens (tertiary/aromatic N) is 1. The van der Waals surface area contributed by atoms with Crippen molar-refractivity contribution in [3.8, 4) is 0 Å². The Morgan fingerprint density at radius 2 is 2.33 bits per heavy atom. The molecule has 0 spiro atoms. The second kappa shape index (κ2) is 7.75. The molecule has 1 aliphatic heterocycles. The van der Waals surface area contributed by atoms with Gasteiger partial charge in [-0.05, 0) is 6.07 Å². The maximum atomic E-state index is 12.3. The van der Waals surface area contributed by atoms with E-state index in [0.717, 1.165) is 5.56 Å². The number of carbonyl (C=O) groups is 1. The molecule has 1 heterocycles. The molecule has 1 aliphatic rings. The maximum Gasteiger partial charge on any atom is 0.225 e. The van der Waals surface area contributed by atoms with Gasteiger partial charge in [-0.1, -0.05) is 29.8 Å². The Bertz CT molecular complexity index is 480. The highest BCUT2D eigenvalue weighted by Gasteiger charge is 2.27. The zero-order valence-corrected chi connectivity index (χ0v) is 12.9. The molecule has 0 bridgehead atoms. The molecule has 0 radical (unpaired) electrons. The largest absolute Gasteiger partial charge is 0.380 e. The van der Waals surface area contributed by atoms with Gasteiger partial charge in [-0.3, -0.25) is 4.79 Å². The summed E-state index contributed by atoms with van der Waals surface area (Å²) in [6.45, 7) is 1.92. The summed E-state index contributed by atoms with van der Waals surface area (Å²) in [7, 11) is 1.57. The average molecular weight is 313 g/mol. The van der Waals surface area contributed by atoms with Crippen LogP contribution in [0.4, 0.5) is 0 Å². The number of morpholine rings is 1. The summed E-state index contributed by atoms with van der Waals surface area (Å²) in [6.07, 6.45) is -0.128. The summed E-state index contributed by atoms with van der Waals surface area (Å²) in [5, 5.41) is 0.661. The molecule has 1 aromatic rings. The van der Waals surface area contributed by atoms with Crippen molar-refractivity contribution in [1.29, 1.82) is 0 Å². The summed E-state index contributed by atoms with van der Waals surface area (Å²) in [5.74, 6) is 0.0349. The third-order valence-corrected chi connectivity index (χ3v) is 4.01. The molecule has 21 heavy (non-hydrogen) atoms. The van der Waals surface area contributed by atoms with Gasteiger partial charge in [-0.2, -0.15) is 0 Å². The summed E-state index contributed by atoms with van der Waals surface area (Å²) in [6, 6.07) is 7.55. The molecule has 2 atom stereocenters. The van der Waals surface area contributed by atoms with Crippen LogP contribution in [0.2, 0.25) is 5.02 Å². The fourth-order valence-corrected chi connectivity index (χ4v) is 2.64. The van der Waals surface area contributed by atoms with Crippen molar-refractivity contribution in [2.24, 2.45) is 5.73 Å². The Morgan fingerprint density at radius 3 is 3.00 bits per heavy atom. The third kappa shape index (κ3) is 4.17. The van der Waals surface area contributed by atoms with E-state index < -0.39 is 0 Å². The Morgan fingerprint density at radius 1 is 1.57 bits per heavy atom. The molecular weight excluding hydrogens is 292 g/mol. The van der Waals surface area contributed by atoms with E-state index in [1.54, 1.807) is 12.0 Å². The van der Waals surface area contributed by atoms with Crippen LogP contribution in [0.5, 0.6) is 0 Å². The second-order valence-electron chi connectivity index (χ2n) is 5.02. The lowest BCUT2D eigenvalue weighted by atomic mass is 10.1. The van der Waals surface area contributed by atoms with Gasteiger partial charge in [0.2, 0.25) is 5.91 Å². The van der Waals surface area contributed by atoms with Crippen LogP contribution in [0.15, 0.2) is 24.3 Å². The fourth-order valence-electron chi connectivity index (χ4n) is 2.39. The molecule has 1 amide bonds. The van der Waals surface area contributed by atoms with Crippen molar-refractivity contribution in [2.75, 3.05) is 33.4 Å². The molecule has 116 valence electrons. The van der Waals surface area contributed by atoms with Crippen molar-refractivity contribution >= 4 is 17.5 Å². The molecule has 1 aromatic carbocycles. The monoisotopic (exact) mass is 312 g/mol. The van der Waals surface area contributed by atoms with E-state index in [2.05, 4.69) is 0 Å². The number of amides is 1. The third-order valence-electron chi connectivity index (χ3n) is 3.67. The Kier molecular flexibility index (Phi) is 5.99. The van der Waals surface area contributed by atoms with Gasteiger partial charge < -0.3 is 20.1 Å². The summed E-state index contributed by atoms with van der Waals surface area (Å²) >= 11 is 6.19. The molecular formula is C15H21ClN2O3. The number of rotatable bonds is 5. The highest BCUT2D eigenvalue weighted by atomic mass is 35.5. The predicted octanol–water partition coefficient (Wildman–Crippen LogP) is 1.60. The van der Waals surface area contributed by atoms with Gasteiger partial charge in [0.1, 0.15) is 6.10 Å². The smallest absolute Gasteiger partial charge is 0.225 e. The minimum Gasteiger partial charge on any atom is -0.380 e. The first-order valence-electron chi connectivity index (χ1n) is 7.02. The summed E-state index contributed by atoms with van der Waals surface area (Å²) in [4.78, 5) is 14.1. The van der Waals surface area contributed by atoms with Gasteiger partial charge in [0.25, 0.3) is 0 Å². The second-order valence-corrected chi connectivity index (χ2v) is 5.43. The molecule has 2 rings (SSSR count). The van der Waals surface area contributed by atoms with Crippen molar-refractivity contribution in [2.45, 2.75) is 18.6 Å². The molecule has 1 fully saturated rings. The summed E-state index contributed by atoms with van der Waals surface area (Å²) < 4.78 is 10.9. The number of halogens is 1. The van der Waals surface area contributed by atoms with Gasteiger partial charge in [-0.25, -0.2) is 0 Å². The van der Waals surface area contributed by atoms with Crippen LogP contribution in [0.1, 0.15) is 18.1 Å². The van der Waals surface area contributed by atoms with Crippen molar-refractivity contribution in [3.05, 3.63) is 34.9 Å². The first kappa shape index (κ1) is 16.2. The Balaban J connectivity index is 2.01. The van der Waals surface area contributed by atoms with Gasteiger partial charge in [-0.15, -0.1) is 0 Å². The van der Waals surface area contributed by atoms with E-state index in [0.29, 0.717) is 37.7 Å².